The van der Waals surface area contributed by atoms with Gasteiger partial charge in [0.15, 0.2) is 0 Å². The summed E-state index contributed by atoms with van der Waals surface area (Å²) in [5.74, 6) is -0.0297. The lowest BCUT2D eigenvalue weighted by Gasteiger charge is -2.32. The molecule has 0 unspecified atom stereocenters. The number of halogens is 2. The number of benzene rings is 1. The molecule has 0 spiro atoms. The van der Waals surface area contributed by atoms with E-state index in [1.807, 2.05) is 0 Å². The number of nitrogens with one attached hydrogen (secondary N) is 2. The highest BCUT2D eigenvalue weighted by molar-refractivity contribution is 5.92. The van der Waals surface area contributed by atoms with Gasteiger partial charge in [0.25, 0.3) is 0 Å². The lowest BCUT2D eigenvalue weighted by Crippen LogP contribution is -2.46. The maximum Gasteiger partial charge on any atom is 0.387 e. The Labute approximate surface area is 141 Å². The topological polar surface area (TPSA) is 53.6 Å². The van der Waals surface area contributed by atoms with Crippen molar-refractivity contribution >= 4 is 11.7 Å². The molecular formula is C17H25F2N3O2. The summed E-state index contributed by atoms with van der Waals surface area (Å²) in [5, 5.41) is 5.56. The largest absolute Gasteiger partial charge is 0.433 e. The number of hydrogen-bond donors (Lipinski definition) is 2. The number of para-hydroxylation sites is 1. The Morgan fingerprint density at radius 1 is 1.38 bits per heavy atom. The fraction of sp³-hybridized carbons (Fsp3) is 0.588. The van der Waals surface area contributed by atoms with Gasteiger partial charge in [0, 0.05) is 19.1 Å². The molecule has 134 valence electrons. The summed E-state index contributed by atoms with van der Waals surface area (Å²) in [7, 11) is 0. The molecule has 24 heavy (non-hydrogen) atoms. The van der Waals surface area contributed by atoms with Gasteiger partial charge in [-0.25, -0.2) is 4.79 Å². The number of ether oxygens (including phenoxy) is 1. The van der Waals surface area contributed by atoms with E-state index >= 15 is 0 Å². The van der Waals surface area contributed by atoms with E-state index in [0.29, 0.717) is 5.56 Å². The van der Waals surface area contributed by atoms with Crippen LogP contribution in [0.5, 0.6) is 5.75 Å². The number of aryl methyl sites for hydroxylation is 1. The number of hydrogen-bond acceptors (Lipinski definition) is 3. The van der Waals surface area contributed by atoms with E-state index in [1.165, 1.54) is 6.07 Å². The summed E-state index contributed by atoms with van der Waals surface area (Å²) in [6.07, 6.45) is 2.90. The zero-order valence-corrected chi connectivity index (χ0v) is 14.1. The fourth-order valence-corrected chi connectivity index (χ4v) is 2.95. The monoisotopic (exact) mass is 341 g/mol. The summed E-state index contributed by atoms with van der Waals surface area (Å²) in [4.78, 5) is 14.6. The molecule has 2 rings (SSSR count). The maximum absolute atomic E-state index is 12.5. The Morgan fingerprint density at radius 2 is 2.08 bits per heavy atom. The fourth-order valence-electron chi connectivity index (χ4n) is 2.95. The molecule has 1 aromatic rings. The Bertz CT molecular complexity index is 547. The van der Waals surface area contributed by atoms with Crippen LogP contribution in [-0.4, -0.2) is 43.2 Å². The maximum atomic E-state index is 12.5. The van der Waals surface area contributed by atoms with Crippen LogP contribution in [0.3, 0.4) is 0 Å². The average Bonchev–Trinajstić information content (AvgIpc) is 2.52. The Morgan fingerprint density at radius 3 is 2.71 bits per heavy atom. The molecule has 7 heteroatoms. The first-order chi connectivity index (χ1) is 11.5. The number of carbonyl (C=O) groups excluding carboxylic acids is 1. The number of anilines is 1. The molecule has 1 aliphatic heterocycles. The predicted molar refractivity (Wildman–Crippen MR) is 89.7 cm³/mol. The van der Waals surface area contributed by atoms with Crippen molar-refractivity contribution in [2.45, 2.75) is 45.8 Å². The third-order valence-electron chi connectivity index (χ3n) is 4.15. The zero-order valence-electron chi connectivity index (χ0n) is 14.1. The number of likely N-dealkylation sites (tertiary alicyclic amines) is 1. The van der Waals surface area contributed by atoms with Gasteiger partial charge in [-0.3, -0.25) is 0 Å². The lowest BCUT2D eigenvalue weighted by molar-refractivity contribution is -0.0493. The Kier molecular flexibility index (Phi) is 6.78. The van der Waals surface area contributed by atoms with Crippen molar-refractivity contribution in [3.05, 3.63) is 23.8 Å². The second-order valence-corrected chi connectivity index (χ2v) is 6.04. The highest BCUT2D eigenvalue weighted by Crippen LogP contribution is 2.29. The summed E-state index contributed by atoms with van der Waals surface area (Å²) >= 11 is 0. The second-order valence-electron chi connectivity index (χ2n) is 6.04. The van der Waals surface area contributed by atoms with Crippen LogP contribution in [0.2, 0.25) is 0 Å². The summed E-state index contributed by atoms with van der Waals surface area (Å²) < 4.78 is 29.4. The summed E-state index contributed by atoms with van der Waals surface area (Å²) in [6.45, 7) is 3.96. The van der Waals surface area contributed by atoms with Gasteiger partial charge < -0.3 is 20.3 Å². The number of rotatable bonds is 6. The van der Waals surface area contributed by atoms with Crippen molar-refractivity contribution in [1.29, 1.82) is 0 Å². The molecule has 0 radical (unpaired) electrons. The van der Waals surface area contributed by atoms with Gasteiger partial charge in [-0.2, -0.15) is 8.78 Å². The number of nitrogens with zero attached hydrogens (tertiary/aromatic N) is 1. The highest BCUT2D eigenvalue weighted by atomic mass is 19.3. The van der Waals surface area contributed by atoms with Crippen LogP contribution in [-0.2, 0) is 0 Å². The molecule has 1 aromatic carbocycles. The molecule has 2 amide bonds. The van der Waals surface area contributed by atoms with Crippen molar-refractivity contribution in [3.63, 3.8) is 0 Å². The van der Waals surface area contributed by atoms with Gasteiger partial charge in [0.1, 0.15) is 5.75 Å². The van der Waals surface area contributed by atoms with Crippen molar-refractivity contribution < 1.29 is 18.3 Å². The Hall–Kier alpha value is -1.89. The highest BCUT2D eigenvalue weighted by Gasteiger charge is 2.21. The molecular weight excluding hydrogens is 316 g/mol. The van der Waals surface area contributed by atoms with E-state index < -0.39 is 12.6 Å². The van der Waals surface area contributed by atoms with E-state index in [0.717, 1.165) is 38.9 Å². The first-order valence-electron chi connectivity index (χ1n) is 8.34. The molecule has 0 aliphatic carbocycles. The molecule has 1 aliphatic rings. The first kappa shape index (κ1) is 18.4. The van der Waals surface area contributed by atoms with Gasteiger partial charge in [-0.1, -0.05) is 19.1 Å². The zero-order chi connectivity index (χ0) is 17.5. The molecule has 1 heterocycles. The van der Waals surface area contributed by atoms with Crippen LogP contribution in [0.25, 0.3) is 0 Å². The number of amides is 2. The predicted octanol–water partition coefficient (Wildman–Crippen LogP) is 3.59. The number of piperidine rings is 1. The molecule has 2 N–H and O–H groups in total. The lowest BCUT2D eigenvalue weighted by atomic mass is 10.1. The third-order valence-corrected chi connectivity index (χ3v) is 4.15. The number of carbonyl (C=O) groups is 1. The average molecular weight is 341 g/mol. The SMILES string of the molecule is CCCN1CCC(NC(=O)Nc2c(C)cccc2OC(F)F)CC1. The van der Waals surface area contributed by atoms with Crippen molar-refractivity contribution in [1.82, 2.24) is 10.2 Å². The van der Waals surface area contributed by atoms with Crippen LogP contribution < -0.4 is 15.4 Å². The van der Waals surface area contributed by atoms with Crippen LogP contribution in [0.15, 0.2) is 18.2 Å². The Balaban J connectivity index is 1.91. The molecule has 1 saturated heterocycles. The molecule has 0 saturated carbocycles. The summed E-state index contributed by atoms with van der Waals surface area (Å²) in [6, 6.07) is 4.47. The van der Waals surface area contributed by atoms with Gasteiger partial charge in [0.05, 0.1) is 5.69 Å². The van der Waals surface area contributed by atoms with Crippen LogP contribution >= 0.6 is 0 Å². The number of urea groups is 1. The minimum absolute atomic E-state index is 0.0297. The van der Waals surface area contributed by atoms with Gasteiger partial charge >= 0.3 is 12.6 Å². The smallest absolute Gasteiger partial charge is 0.387 e. The van der Waals surface area contributed by atoms with Crippen LogP contribution in [0.4, 0.5) is 19.3 Å². The van der Waals surface area contributed by atoms with E-state index in [1.54, 1.807) is 19.1 Å². The van der Waals surface area contributed by atoms with Gasteiger partial charge in [0.2, 0.25) is 0 Å². The van der Waals surface area contributed by atoms with E-state index in [9.17, 15) is 13.6 Å². The van der Waals surface area contributed by atoms with Crippen molar-refractivity contribution in [2.24, 2.45) is 0 Å². The van der Waals surface area contributed by atoms with Crippen molar-refractivity contribution in [2.75, 3.05) is 25.0 Å². The molecule has 1 fully saturated rings. The van der Waals surface area contributed by atoms with E-state index in [2.05, 4.69) is 27.2 Å². The summed E-state index contributed by atoms with van der Waals surface area (Å²) in [5.41, 5.74) is 0.944. The third kappa shape index (κ3) is 5.33. The molecule has 0 aromatic heterocycles. The first-order valence-corrected chi connectivity index (χ1v) is 8.34. The number of alkyl halides is 2. The van der Waals surface area contributed by atoms with Crippen molar-refractivity contribution in [3.8, 4) is 5.75 Å². The van der Waals surface area contributed by atoms with Crippen LogP contribution in [0.1, 0.15) is 31.7 Å². The quantitative estimate of drug-likeness (QED) is 0.831. The van der Waals surface area contributed by atoms with E-state index in [4.69, 9.17) is 0 Å². The van der Waals surface area contributed by atoms with Crippen LogP contribution in [0, 0.1) is 6.92 Å². The normalized spacial score (nSPS) is 16.2. The molecule has 0 bridgehead atoms. The van der Waals surface area contributed by atoms with Gasteiger partial charge in [-0.15, -0.1) is 0 Å². The molecule has 0 atom stereocenters. The van der Waals surface area contributed by atoms with Gasteiger partial charge in [-0.05, 0) is 44.4 Å². The minimum Gasteiger partial charge on any atom is -0.433 e. The molecule has 5 nitrogen and oxygen atoms in total. The second kappa shape index (κ2) is 8.82. The standard InChI is InChI=1S/C17H25F2N3O2/c1-3-9-22-10-7-13(8-11-22)20-17(23)21-15-12(2)5-4-6-14(15)24-16(18)19/h4-6,13,16H,3,7-11H2,1-2H3,(H2,20,21,23). The minimum atomic E-state index is -2.93. The van der Waals surface area contributed by atoms with E-state index in [-0.39, 0.29) is 17.5 Å².